The van der Waals surface area contributed by atoms with E-state index < -0.39 is 15.9 Å². The molecule has 1 saturated heterocycles. The molecule has 9 nitrogen and oxygen atoms in total. The van der Waals surface area contributed by atoms with Crippen LogP contribution in [0.1, 0.15) is 17.5 Å². The van der Waals surface area contributed by atoms with E-state index in [2.05, 4.69) is 15.1 Å². The average molecular weight is 582 g/mol. The number of amides is 1. The van der Waals surface area contributed by atoms with Crippen molar-refractivity contribution >= 4 is 44.3 Å². The van der Waals surface area contributed by atoms with Crippen molar-refractivity contribution < 1.29 is 13.2 Å². The van der Waals surface area contributed by atoms with E-state index in [4.69, 9.17) is 11.6 Å². The molecule has 1 aliphatic carbocycles. The topological polar surface area (TPSA) is 95.0 Å². The largest absolute Gasteiger partial charge is 0.373 e. The molecule has 0 spiro atoms. The van der Waals surface area contributed by atoms with Gasteiger partial charge in [0.1, 0.15) is 6.04 Å². The molecule has 6 rings (SSSR count). The first kappa shape index (κ1) is 26.9. The number of halogens is 1. The molecule has 1 aromatic carbocycles. The summed E-state index contributed by atoms with van der Waals surface area (Å²) in [4.78, 5) is 33.8. The SMILES string of the molecule is CN1CCN(C(=O)C2CC3C4=C(N2)c2c(ccn(C)c2=O)C(CS(C)(=O)=O)=CC4=CN3c2ccc(Cl)cc2)CC1. The average Bonchev–Trinajstić information content (AvgIpc) is 3.21. The highest BCUT2D eigenvalue weighted by atomic mass is 35.5. The summed E-state index contributed by atoms with van der Waals surface area (Å²) in [6, 6.07) is 8.51. The third kappa shape index (κ3) is 4.78. The second kappa shape index (κ2) is 9.94. The lowest BCUT2D eigenvalue weighted by atomic mass is 9.87. The predicted molar refractivity (Wildman–Crippen MR) is 158 cm³/mol. The summed E-state index contributed by atoms with van der Waals surface area (Å²) >= 11 is 6.19. The number of aromatic nitrogens is 1. The monoisotopic (exact) mass is 581 g/mol. The van der Waals surface area contributed by atoms with Crippen molar-refractivity contribution in [2.45, 2.75) is 18.5 Å². The molecule has 3 aliphatic heterocycles. The first-order valence-electron chi connectivity index (χ1n) is 13.3. The zero-order valence-corrected chi connectivity index (χ0v) is 24.3. The molecule has 2 aromatic rings. The van der Waals surface area contributed by atoms with Crippen LogP contribution < -0.4 is 15.8 Å². The molecule has 0 saturated carbocycles. The van der Waals surface area contributed by atoms with Gasteiger partial charge in [0.2, 0.25) is 5.91 Å². The molecule has 210 valence electrons. The quantitative estimate of drug-likeness (QED) is 0.591. The summed E-state index contributed by atoms with van der Waals surface area (Å²) in [5.74, 6) is -0.201. The highest BCUT2D eigenvalue weighted by molar-refractivity contribution is 7.91. The van der Waals surface area contributed by atoms with Crippen LogP contribution >= 0.6 is 11.6 Å². The number of carbonyl (C=O) groups is 1. The lowest BCUT2D eigenvalue weighted by Crippen LogP contribution is -2.56. The zero-order valence-electron chi connectivity index (χ0n) is 22.7. The number of aryl methyl sites for hydroxylation is 1. The van der Waals surface area contributed by atoms with Crippen molar-refractivity contribution in [3.63, 3.8) is 0 Å². The number of pyridine rings is 1. The minimum Gasteiger partial charge on any atom is -0.373 e. The normalized spacial score (nSPS) is 22.7. The Labute approximate surface area is 238 Å². The lowest BCUT2D eigenvalue weighted by molar-refractivity contribution is -0.135. The second-order valence-electron chi connectivity index (χ2n) is 11.1. The number of anilines is 1. The van der Waals surface area contributed by atoms with E-state index in [0.29, 0.717) is 46.9 Å². The minimum atomic E-state index is -3.41. The fourth-order valence-corrected chi connectivity index (χ4v) is 7.05. The molecule has 1 aromatic heterocycles. The summed E-state index contributed by atoms with van der Waals surface area (Å²) in [5, 5.41) is 4.10. The van der Waals surface area contributed by atoms with Crippen LogP contribution in [0.4, 0.5) is 5.69 Å². The number of benzene rings is 1. The number of sulfone groups is 1. The van der Waals surface area contributed by atoms with E-state index in [1.807, 2.05) is 48.5 Å². The van der Waals surface area contributed by atoms with E-state index in [9.17, 15) is 18.0 Å². The summed E-state index contributed by atoms with van der Waals surface area (Å²) < 4.78 is 26.5. The van der Waals surface area contributed by atoms with Gasteiger partial charge in [-0.15, -0.1) is 0 Å². The van der Waals surface area contributed by atoms with Crippen molar-refractivity contribution in [2.75, 3.05) is 50.1 Å². The molecule has 1 fully saturated rings. The smallest absolute Gasteiger partial charge is 0.260 e. The van der Waals surface area contributed by atoms with Gasteiger partial charge < -0.3 is 24.6 Å². The molecule has 2 atom stereocenters. The number of rotatable bonds is 4. The minimum absolute atomic E-state index is 0.00651. The number of fused-ring (bicyclic) bond motifs is 2. The van der Waals surface area contributed by atoms with Gasteiger partial charge in [-0.25, -0.2) is 8.42 Å². The predicted octanol–water partition coefficient (Wildman–Crippen LogP) is 2.10. The lowest BCUT2D eigenvalue weighted by Gasteiger charge is -2.40. The first-order chi connectivity index (χ1) is 19.0. The number of nitrogens with one attached hydrogen (secondary N) is 1. The van der Waals surface area contributed by atoms with Gasteiger partial charge in [-0.05, 0) is 60.2 Å². The Balaban J connectivity index is 1.53. The molecular weight excluding hydrogens is 550 g/mol. The Bertz CT molecular complexity index is 1650. The third-order valence-electron chi connectivity index (χ3n) is 8.15. The summed E-state index contributed by atoms with van der Waals surface area (Å²) in [7, 11) is 0.320. The Morgan fingerprint density at radius 2 is 1.77 bits per heavy atom. The Kier molecular flexibility index (Phi) is 6.67. The fourth-order valence-electron chi connectivity index (χ4n) is 6.12. The van der Waals surface area contributed by atoms with Gasteiger partial charge in [0.25, 0.3) is 5.56 Å². The van der Waals surface area contributed by atoms with E-state index in [0.717, 1.165) is 29.9 Å². The van der Waals surface area contributed by atoms with Gasteiger partial charge in [-0.1, -0.05) is 11.6 Å². The molecule has 4 heterocycles. The van der Waals surface area contributed by atoms with Crippen molar-refractivity contribution in [2.24, 2.45) is 7.05 Å². The molecule has 0 radical (unpaired) electrons. The highest BCUT2D eigenvalue weighted by Gasteiger charge is 2.44. The van der Waals surface area contributed by atoms with Gasteiger partial charge in [-0.3, -0.25) is 9.59 Å². The fraction of sp³-hybridized carbons (Fsp3) is 0.379. The molecule has 0 bridgehead atoms. The van der Waals surface area contributed by atoms with Crippen LogP contribution in [-0.2, 0) is 21.7 Å². The second-order valence-corrected chi connectivity index (χ2v) is 13.7. The summed E-state index contributed by atoms with van der Waals surface area (Å²) in [6.07, 6.45) is 7.22. The third-order valence-corrected chi connectivity index (χ3v) is 9.24. The zero-order chi connectivity index (χ0) is 28.3. The van der Waals surface area contributed by atoms with Gasteiger partial charge in [-0.2, -0.15) is 0 Å². The van der Waals surface area contributed by atoms with Crippen LogP contribution in [-0.4, -0.2) is 86.0 Å². The van der Waals surface area contributed by atoms with Crippen LogP contribution in [0.3, 0.4) is 0 Å². The first-order valence-corrected chi connectivity index (χ1v) is 15.8. The Morgan fingerprint density at radius 3 is 2.45 bits per heavy atom. The number of likely N-dealkylation sites (N-methyl/N-ethyl adjacent to an activating group) is 1. The maximum Gasteiger partial charge on any atom is 0.260 e. The Morgan fingerprint density at radius 1 is 1.07 bits per heavy atom. The maximum atomic E-state index is 13.9. The van der Waals surface area contributed by atoms with Crippen molar-refractivity contribution in [1.82, 2.24) is 19.7 Å². The van der Waals surface area contributed by atoms with Gasteiger partial charge >= 0.3 is 0 Å². The van der Waals surface area contributed by atoms with E-state index in [1.165, 1.54) is 10.8 Å². The summed E-state index contributed by atoms with van der Waals surface area (Å²) in [6.45, 7) is 2.90. The highest BCUT2D eigenvalue weighted by Crippen LogP contribution is 2.45. The molecule has 1 amide bonds. The van der Waals surface area contributed by atoms with Crippen molar-refractivity contribution in [3.05, 3.63) is 86.5 Å². The van der Waals surface area contributed by atoms with Gasteiger partial charge in [0, 0.05) is 74.6 Å². The van der Waals surface area contributed by atoms with E-state index in [-0.39, 0.29) is 23.3 Å². The molecule has 40 heavy (non-hydrogen) atoms. The van der Waals surface area contributed by atoms with Crippen molar-refractivity contribution in [3.8, 4) is 0 Å². The van der Waals surface area contributed by atoms with E-state index in [1.54, 1.807) is 19.3 Å². The number of hydrogen-bond acceptors (Lipinski definition) is 7. The maximum absolute atomic E-state index is 13.9. The molecule has 1 N–H and O–H groups in total. The standard InChI is InChI=1S/C29H32ClN5O4S/c1-32-10-12-34(13-11-32)28(36)23-15-24-25-18(16-35(24)21-6-4-20(30)5-7-21)14-19(17-40(3,38)39)22-8-9-33(2)29(37)26(22)27(25)31-23/h4-9,14,16,23-24,31H,10-13,15,17H2,1-3H3. The van der Waals surface area contributed by atoms with Gasteiger partial charge in [0.15, 0.2) is 9.84 Å². The summed E-state index contributed by atoms with van der Waals surface area (Å²) in [5.41, 5.74) is 4.49. The van der Waals surface area contributed by atoms with Gasteiger partial charge in [0.05, 0.1) is 23.1 Å². The number of piperazine rings is 1. The number of nitrogens with zero attached hydrogens (tertiary/aromatic N) is 4. The van der Waals surface area contributed by atoms with E-state index >= 15 is 0 Å². The van der Waals surface area contributed by atoms with Crippen LogP contribution in [0, 0.1) is 0 Å². The number of hydrogen-bond donors (Lipinski definition) is 1. The Hall–Kier alpha value is -3.34. The number of allylic oxidation sites excluding steroid dienone is 1. The van der Waals surface area contributed by atoms with Crippen LogP contribution in [0.5, 0.6) is 0 Å². The number of carbonyl (C=O) groups excluding carboxylic acids is 1. The molecule has 2 unspecified atom stereocenters. The van der Waals surface area contributed by atoms with Crippen LogP contribution in [0.15, 0.2) is 64.7 Å². The van der Waals surface area contributed by atoms with Crippen LogP contribution in [0.25, 0.3) is 11.3 Å². The molecule has 11 heteroatoms. The van der Waals surface area contributed by atoms with Crippen molar-refractivity contribution in [1.29, 1.82) is 0 Å². The molecular formula is C29H32ClN5O4S. The van der Waals surface area contributed by atoms with Crippen LogP contribution in [0.2, 0.25) is 5.02 Å². The molecule has 4 aliphatic rings.